The van der Waals surface area contributed by atoms with Gasteiger partial charge in [-0.15, -0.1) is 0 Å². The molecule has 4 nitrogen and oxygen atoms in total. The summed E-state index contributed by atoms with van der Waals surface area (Å²) in [5.41, 5.74) is 2.34. The molecule has 2 rings (SSSR count). The van der Waals surface area contributed by atoms with E-state index < -0.39 is 0 Å². The van der Waals surface area contributed by atoms with Crippen molar-refractivity contribution >= 4 is 21.8 Å². The van der Waals surface area contributed by atoms with Crippen molar-refractivity contribution in [1.29, 1.82) is 0 Å². The second-order valence-corrected chi connectivity index (χ2v) is 5.52. The van der Waals surface area contributed by atoms with Gasteiger partial charge in [-0.3, -0.25) is 4.79 Å². The fourth-order valence-electron chi connectivity index (χ4n) is 2.11. The summed E-state index contributed by atoms with van der Waals surface area (Å²) in [5, 5.41) is 5.99. The summed E-state index contributed by atoms with van der Waals surface area (Å²) in [4.78, 5) is 11.5. The number of nitrogens with one attached hydrogen (secondary N) is 2. The molecule has 19 heavy (non-hydrogen) atoms. The topological polar surface area (TPSA) is 50.4 Å². The zero-order valence-electron chi connectivity index (χ0n) is 11.1. The second kappa shape index (κ2) is 6.91. The minimum atomic E-state index is 0.0365. The minimum absolute atomic E-state index is 0.0365. The summed E-state index contributed by atoms with van der Waals surface area (Å²) in [6.45, 7) is 4.49. The van der Waals surface area contributed by atoms with Crippen molar-refractivity contribution in [1.82, 2.24) is 10.6 Å². The van der Waals surface area contributed by atoms with Gasteiger partial charge in [0.05, 0.1) is 13.2 Å². The fraction of sp³-hybridized carbons (Fsp3) is 0.500. The van der Waals surface area contributed by atoms with E-state index in [-0.39, 0.29) is 5.91 Å². The number of carbonyl (C=O) groups is 1. The van der Waals surface area contributed by atoms with Crippen molar-refractivity contribution in [2.45, 2.75) is 26.3 Å². The number of hydrogen-bond donors (Lipinski definition) is 2. The molecule has 1 aliphatic rings. The number of benzene rings is 1. The quantitative estimate of drug-likeness (QED) is 0.840. The molecule has 0 atom stereocenters. The summed E-state index contributed by atoms with van der Waals surface area (Å²) < 4.78 is 6.70. The SMILES string of the molecule is CCCNC(=O)CNCc1cc(Br)cc2c1OCC2. The van der Waals surface area contributed by atoms with E-state index in [0.29, 0.717) is 13.1 Å². The molecule has 0 saturated carbocycles. The highest BCUT2D eigenvalue weighted by Crippen LogP contribution is 2.32. The van der Waals surface area contributed by atoms with E-state index in [2.05, 4.69) is 32.6 Å². The van der Waals surface area contributed by atoms with E-state index in [1.54, 1.807) is 0 Å². The van der Waals surface area contributed by atoms with Gasteiger partial charge in [0.2, 0.25) is 5.91 Å². The van der Waals surface area contributed by atoms with Crippen molar-refractivity contribution < 1.29 is 9.53 Å². The lowest BCUT2D eigenvalue weighted by atomic mass is 10.1. The molecule has 0 bridgehead atoms. The number of halogens is 1. The normalized spacial score (nSPS) is 12.9. The molecular weight excluding hydrogens is 308 g/mol. The van der Waals surface area contributed by atoms with Gasteiger partial charge in [-0.1, -0.05) is 22.9 Å². The van der Waals surface area contributed by atoms with Crippen LogP contribution in [0.1, 0.15) is 24.5 Å². The van der Waals surface area contributed by atoms with Crippen molar-refractivity contribution in [3.05, 3.63) is 27.7 Å². The van der Waals surface area contributed by atoms with Crippen LogP contribution in [-0.2, 0) is 17.8 Å². The van der Waals surface area contributed by atoms with Gasteiger partial charge in [-0.05, 0) is 24.1 Å². The van der Waals surface area contributed by atoms with Crippen LogP contribution in [0, 0.1) is 0 Å². The fourth-order valence-corrected chi connectivity index (χ4v) is 2.67. The maximum atomic E-state index is 11.5. The van der Waals surface area contributed by atoms with Gasteiger partial charge < -0.3 is 15.4 Å². The molecule has 104 valence electrons. The van der Waals surface area contributed by atoms with Crippen LogP contribution in [0.5, 0.6) is 5.75 Å². The van der Waals surface area contributed by atoms with Gasteiger partial charge in [0.15, 0.2) is 0 Å². The van der Waals surface area contributed by atoms with Gasteiger partial charge >= 0.3 is 0 Å². The monoisotopic (exact) mass is 326 g/mol. The molecule has 0 saturated heterocycles. The standard InChI is InChI=1S/C14H19BrN2O2/c1-2-4-17-13(18)9-16-8-11-7-12(15)6-10-3-5-19-14(10)11/h6-7,16H,2-5,8-9H2,1H3,(H,17,18). The Labute approximate surface area is 122 Å². The second-order valence-electron chi connectivity index (χ2n) is 4.61. The molecule has 0 aromatic heterocycles. The summed E-state index contributed by atoms with van der Waals surface area (Å²) in [6, 6.07) is 4.14. The highest BCUT2D eigenvalue weighted by Gasteiger charge is 2.17. The largest absolute Gasteiger partial charge is 0.493 e. The molecule has 1 amide bonds. The van der Waals surface area contributed by atoms with Crippen molar-refractivity contribution in [3.8, 4) is 5.75 Å². The Kier molecular flexibility index (Phi) is 5.22. The first-order chi connectivity index (χ1) is 9.20. The Morgan fingerprint density at radius 1 is 1.47 bits per heavy atom. The predicted molar refractivity (Wildman–Crippen MR) is 78.3 cm³/mol. The predicted octanol–water partition coefficient (Wildman–Crippen LogP) is 2.00. The van der Waals surface area contributed by atoms with Gasteiger partial charge in [0, 0.05) is 29.5 Å². The van der Waals surface area contributed by atoms with Crippen molar-refractivity contribution in [2.75, 3.05) is 19.7 Å². The van der Waals surface area contributed by atoms with Crippen LogP contribution < -0.4 is 15.4 Å². The number of rotatable bonds is 6. The maximum Gasteiger partial charge on any atom is 0.233 e. The smallest absolute Gasteiger partial charge is 0.233 e. The van der Waals surface area contributed by atoms with E-state index in [0.717, 1.165) is 41.8 Å². The third kappa shape index (κ3) is 3.94. The summed E-state index contributed by atoms with van der Waals surface area (Å²) in [6.07, 6.45) is 1.91. The number of carbonyl (C=O) groups excluding carboxylic acids is 1. The molecule has 1 aromatic carbocycles. The average Bonchev–Trinajstić information content (AvgIpc) is 2.84. The molecule has 0 aliphatic carbocycles. The van der Waals surface area contributed by atoms with Gasteiger partial charge in [0.25, 0.3) is 0 Å². The molecule has 0 spiro atoms. The summed E-state index contributed by atoms with van der Waals surface area (Å²) >= 11 is 3.51. The van der Waals surface area contributed by atoms with Crippen molar-refractivity contribution in [3.63, 3.8) is 0 Å². The number of fused-ring (bicyclic) bond motifs is 1. The van der Waals surface area contributed by atoms with E-state index >= 15 is 0 Å². The lowest BCUT2D eigenvalue weighted by Crippen LogP contribution is -2.34. The Hall–Kier alpha value is -1.07. The van der Waals surface area contributed by atoms with Crippen LogP contribution in [0.25, 0.3) is 0 Å². The highest BCUT2D eigenvalue weighted by molar-refractivity contribution is 9.10. The third-order valence-corrected chi connectivity index (χ3v) is 3.46. The van der Waals surface area contributed by atoms with Crippen molar-refractivity contribution in [2.24, 2.45) is 0 Å². The van der Waals surface area contributed by atoms with Gasteiger partial charge in [-0.25, -0.2) is 0 Å². The van der Waals surface area contributed by atoms with E-state index in [4.69, 9.17) is 4.74 Å². The molecule has 0 radical (unpaired) electrons. The third-order valence-electron chi connectivity index (χ3n) is 3.00. The van der Waals surface area contributed by atoms with E-state index in [9.17, 15) is 4.79 Å². The van der Waals surface area contributed by atoms with Gasteiger partial charge in [-0.2, -0.15) is 0 Å². The first-order valence-electron chi connectivity index (χ1n) is 6.62. The zero-order valence-corrected chi connectivity index (χ0v) is 12.7. The first-order valence-corrected chi connectivity index (χ1v) is 7.41. The van der Waals surface area contributed by atoms with Crippen LogP contribution in [0.4, 0.5) is 0 Å². The van der Waals surface area contributed by atoms with Crippen LogP contribution >= 0.6 is 15.9 Å². The lowest BCUT2D eigenvalue weighted by molar-refractivity contribution is -0.120. The average molecular weight is 327 g/mol. The minimum Gasteiger partial charge on any atom is -0.493 e. The molecule has 0 fully saturated rings. The van der Waals surface area contributed by atoms with E-state index in [1.807, 2.05) is 13.0 Å². The Morgan fingerprint density at radius 3 is 3.11 bits per heavy atom. The lowest BCUT2D eigenvalue weighted by Gasteiger charge is -2.10. The van der Waals surface area contributed by atoms with Crippen LogP contribution in [0.15, 0.2) is 16.6 Å². The van der Waals surface area contributed by atoms with Crippen LogP contribution in [0.2, 0.25) is 0 Å². The number of ether oxygens (including phenoxy) is 1. The molecule has 1 heterocycles. The van der Waals surface area contributed by atoms with Crippen LogP contribution in [0.3, 0.4) is 0 Å². The van der Waals surface area contributed by atoms with Crippen LogP contribution in [-0.4, -0.2) is 25.6 Å². The summed E-state index contributed by atoms with van der Waals surface area (Å²) in [7, 11) is 0. The molecule has 5 heteroatoms. The highest BCUT2D eigenvalue weighted by atomic mass is 79.9. The Balaban J connectivity index is 1.88. The van der Waals surface area contributed by atoms with Gasteiger partial charge in [0.1, 0.15) is 5.75 Å². The summed E-state index contributed by atoms with van der Waals surface area (Å²) in [5.74, 6) is 1.01. The zero-order chi connectivity index (χ0) is 13.7. The first kappa shape index (κ1) is 14.3. The molecular formula is C14H19BrN2O2. The number of amides is 1. The maximum absolute atomic E-state index is 11.5. The molecule has 2 N–H and O–H groups in total. The molecule has 1 aliphatic heterocycles. The molecule has 1 aromatic rings. The van der Waals surface area contributed by atoms with E-state index in [1.165, 1.54) is 5.56 Å². The Bertz CT molecular complexity index is 463. The number of hydrogen-bond acceptors (Lipinski definition) is 3. The Morgan fingerprint density at radius 2 is 2.32 bits per heavy atom. The molecule has 0 unspecified atom stereocenters.